The molecule has 0 bridgehead atoms. The van der Waals surface area contributed by atoms with Crippen LogP contribution in [0.2, 0.25) is 5.02 Å². The van der Waals surface area contributed by atoms with Crippen LogP contribution in [0.3, 0.4) is 0 Å². The number of carbonyl (C=O) groups is 1. The van der Waals surface area contributed by atoms with E-state index in [1.54, 1.807) is 30.3 Å². The molecule has 0 unspecified atom stereocenters. The van der Waals surface area contributed by atoms with E-state index in [9.17, 15) is 4.79 Å². The zero-order valence-corrected chi connectivity index (χ0v) is 18.9. The summed E-state index contributed by atoms with van der Waals surface area (Å²) in [5.74, 6) is 2.79. The average Bonchev–Trinajstić information content (AvgIpc) is 3.48. The summed E-state index contributed by atoms with van der Waals surface area (Å²) in [5.41, 5.74) is 1.48. The Morgan fingerprint density at radius 1 is 1.00 bits per heavy atom. The number of ketones is 1. The van der Waals surface area contributed by atoms with E-state index >= 15 is 0 Å². The number of carbonyl (C=O) groups excluding carboxylic acids is 1. The highest BCUT2D eigenvalue weighted by atomic mass is 35.5. The number of Topliss-reactive ketones (excluding diaryl/α,β-unsaturated/α-hetero) is 1. The highest BCUT2D eigenvalue weighted by molar-refractivity contribution is 7.99. The smallest absolute Gasteiger partial charge is 0.231 e. The van der Waals surface area contributed by atoms with Gasteiger partial charge in [-0.1, -0.05) is 41.6 Å². The van der Waals surface area contributed by atoms with E-state index in [0.29, 0.717) is 38.8 Å². The van der Waals surface area contributed by atoms with Gasteiger partial charge in [0.1, 0.15) is 12.4 Å². The van der Waals surface area contributed by atoms with Gasteiger partial charge in [0, 0.05) is 22.3 Å². The van der Waals surface area contributed by atoms with Crippen molar-refractivity contribution in [3.63, 3.8) is 0 Å². The minimum atomic E-state index is -0.0163. The summed E-state index contributed by atoms with van der Waals surface area (Å²) >= 11 is 7.24. The average molecular weight is 480 g/mol. The molecular formula is C24H18ClN3O4S. The number of rotatable bonds is 8. The second kappa shape index (κ2) is 9.56. The lowest BCUT2D eigenvalue weighted by atomic mass is 10.1. The number of benzene rings is 3. The van der Waals surface area contributed by atoms with Gasteiger partial charge in [0.05, 0.1) is 5.75 Å². The Balaban J connectivity index is 1.35. The highest BCUT2D eigenvalue weighted by Crippen LogP contribution is 2.35. The number of aromatic nitrogens is 3. The SMILES string of the molecule is O=C(CSc1nnc(COc2ccc3c(c2)OCO3)n1-c1ccccc1)c1ccc(Cl)cc1. The molecule has 0 fully saturated rings. The number of thioether (sulfide) groups is 1. The van der Waals surface area contributed by atoms with Gasteiger partial charge in [-0.05, 0) is 48.5 Å². The van der Waals surface area contributed by atoms with Crippen molar-refractivity contribution >= 4 is 29.1 Å². The molecule has 0 aliphatic carbocycles. The normalized spacial score (nSPS) is 12.0. The van der Waals surface area contributed by atoms with Crippen LogP contribution in [0.4, 0.5) is 0 Å². The predicted octanol–water partition coefficient (Wildman–Crippen LogP) is 5.20. The number of hydrogen-bond acceptors (Lipinski definition) is 7. The van der Waals surface area contributed by atoms with E-state index in [1.165, 1.54) is 11.8 Å². The van der Waals surface area contributed by atoms with Crippen LogP contribution in [0.5, 0.6) is 17.2 Å². The first-order chi connectivity index (χ1) is 16.2. The van der Waals surface area contributed by atoms with Crippen LogP contribution in [0.25, 0.3) is 5.69 Å². The van der Waals surface area contributed by atoms with Gasteiger partial charge in [-0.3, -0.25) is 9.36 Å². The van der Waals surface area contributed by atoms with Gasteiger partial charge in [-0.2, -0.15) is 0 Å². The fourth-order valence-corrected chi connectivity index (χ4v) is 4.28. The Labute approximate surface area is 199 Å². The van der Waals surface area contributed by atoms with Crippen molar-refractivity contribution in [3.8, 4) is 22.9 Å². The summed E-state index contributed by atoms with van der Waals surface area (Å²) in [5, 5.41) is 9.84. The van der Waals surface area contributed by atoms with E-state index in [2.05, 4.69) is 10.2 Å². The molecule has 0 radical (unpaired) electrons. The molecule has 3 aromatic carbocycles. The van der Waals surface area contributed by atoms with Crippen molar-refractivity contribution in [2.24, 2.45) is 0 Å². The number of fused-ring (bicyclic) bond motifs is 1. The monoisotopic (exact) mass is 479 g/mol. The zero-order valence-electron chi connectivity index (χ0n) is 17.3. The van der Waals surface area contributed by atoms with E-state index in [0.717, 1.165) is 5.69 Å². The molecule has 0 atom stereocenters. The number of ether oxygens (including phenoxy) is 3. The van der Waals surface area contributed by atoms with Gasteiger partial charge in [0.15, 0.2) is 28.3 Å². The van der Waals surface area contributed by atoms with E-state index < -0.39 is 0 Å². The standard InChI is InChI=1S/C24H18ClN3O4S/c25-17-8-6-16(7-9-17)20(29)14-33-24-27-26-23(28(24)18-4-2-1-3-5-18)13-30-19-10-11-21-22(12-19)32-15-31-21/h1-12H,13-15H2. The molecule has 9 heteroatoms. The minimum absolute atomic E-state index is 0.0163. The fourth-order valence-electron chi connectivity index (χ4n) is 3.29. The summed E-state index contributed by atoms with van der Waals surface area (Å²) in [6.07, 6.45) is 0. The van der Waals surface area contributed by atoms with Crippen LogP contribution in [-0.2, 0) is 6.61 Å². The van der Waals surface area contributed by atoms with E-state index in [-0.39, 0.29) is 24.9 Å². The molecule has 4 aromatic rings. The predicted molar refractivity (Wildman–Crippen MR) is 125 cm³/mol. The lowest BCUT2D eigenvalue weighted by Gasteiger charge is -2.11. The van der Waals surface area contributed by atoms with Crippen molar-refractivity contribution in [2.75, 3.05) is 12.5 Å². The first-order valence-electron chi connectivity index (χ1n) is 10.1. The quantitative estimate of drug-likeness (QED) is 0.254. The second-order valence-corrected chi connectivity index (χ2v) is 8.47. The van der Waals surface area contributed by atoms with Gasteiger partial charge >= 0.3 is 0 Å². The van der Waals surface area contributed by atoms with Crippen molar-refractivity contribution in [1.29, 1.82) is 0 Å². The van der Waals surface area contributed by atoms with Crippen molar-refractivity contribution in [2.45, 2.75) is 11.8 Å². The molecule has 0 spiro atoms. The third-order valence-corrected chi connectivity index (χ3v) is 6.11. The van der Waals surface area contributed by atoms with Crippen LogP contribution in [0.15, 0.2) is 78.0 Å². The first kappa shape index (κ1) is 21.4. The number of hydrogen-bond donors (Lipinski definition) is 0. The maximum absolute atomic E-state index is 12.6. The number of halogens is 1. The van der Waals surface area contributed by atoms with Crippen LogP contribution in [0, 0.1) is 0 Å². The minimum Gasteiger partial charge on any atom is -0.485 e. The Morgan fingerprint density at radius 3 is 2.61 bits per heavy atom. The Morgan fingerprint density at radius 2 is 1.79 bits per heavy atom. The maximum atomic E-state index is 12.6. The third kappa shape index (κ3) is 4.81. The summed E-state index contributed by atoms with van der Waals surface area (Å²) in [7, 11) is 0. The molecule has 2 heterocycles. The zero-order chi connectivity index (χ0) is 22.6. The molecule has 0 saturated heterocycles. The summed E-state index contributed by atoms with van der Waals surface area (Å²) in [6.45, 7) is 0.393. The summed E-state index contributed by atoms with van der Waals surface area (Å²) in [4.78, 5) is 12.6. The summed E-state index contributed by atoms with van der Waals surface area (Å²) < 4.78 is 18.6. The van der Waals surface area contributed by atoms with Gasteiger partial charge in [-0.25, -0.2) is 0 Å². The van der Waals surface area contributed by atoms with Gasteiger partial charge in [-0.15, -0.1) is 10.2 Å². The largest absolute Gasteiger partial charge is 0.485 e. The molecular weight excluding hydrogens is 462 g/mol. The molecule has 33 heavy (non-hydrogen) atoms. The lowest BCUT2D eigenvalue weighted by molar-refractivity contribution is 0.102. The van der Waals surface area contributed by atoms with Crippen LogP contribution in [-0.4, -0.2) is 33.1 Å². The second-order valence-electron chi connectivity index (χ2n) is 7.09. The molecule has 0 saturated carbocycles. The topological polar surface area (TPSA) is 75.5 Å². The summed E-state index contributed by atoms with van der Waals surface area (Å²) in [6, 6.07) is 22.0. The lowest BCUT2D eigenvalue weighted by Crippen LogP contribution is -2.08. The fraction of sp³-hybridized carbons (Fsp3) is 0.125. The molecule has 166 valence electrons. The number of nitrogens with zero attached hydrogens (tertiary/aromatic N) is 3. The van der Waals surface area contributed by atoms with Gasteiger partial charge in [0.25, 0.3) is 0 Å². The molecule has 1 aromatic heterocycles. The van der Waals surface area contributed by atoms with E-state index in [4.69, 9.17) is 25.8 Å². The Kier molecular flexibility index (Phi) is 6.19. The van der Waals surface area contributed by atoms with Crippen LogP contribution < -0.4 is 14.2 Å². The molecule has 1 aliphatic heterocycles. The first-order valence-corrected chi connectivity index (χ1v) is 11.5. The van der Waals surface area contributed by atoms with Crippen molar-refractivity contribution < 1.29 is 19.0 Å². The van der Waals surface area contributed by atoms with Crippen LogP contribution in [0.1, 0.15) is 16.2 Å². The molecule has 7 nitrogen and oxygen atoms in total. The Bertz CT molecular complexity index is 1280. The van der Waals surface area contributed by atoms with Crippen molar-refractivity contribution in [1.82, 2.24) is 14.8 Å². The number of para-hydroxylation sites is 1. The molecule has 0 N–H and O–H groups in total. The van der Waals surface area contributed by atoms with Crippen molar-refractivity contribution in [3.05, 3.63) is 89.2 Å². The maximum Gasteiger partial charge on any atom is 0.231 e. The van der Waals surface area contributed by atoms with Gasteiger partial charge in [0.2, 0.25) is 6.79 Å². The third-order valence-electron chi connectivity index (χ3n) is 4.93. The molecule has 0 amide bonds. The highest BCUT2D eigenvalue weighted by Gasteiger charge is 2.18. The van der Waals surface area contributed by atoms with Gasteiger partial charge < -0.3 is 14.2 Å². The Hall–Kier alpha value is -3.49. The molecule has 5 rings (SSSR count). The van der Waals surface area contributed by atoms with E-state index in [1.807, 2.05) is 47.0 Å². The van der Waals surface area contributed by atoms with Crippen LogP contribution >= 0.6 is 23.4 Å². The molecule has 1 aliphatic rings.